The van der Waals surface area contributed by atoms with Gasteiger partial charge >= 0.3 is 13.1 Å². The maximum absolute atomic E-state index is 11.8. The number of cyclic esters (lactones) is 1. The van der Waals surface area contributed by atoms with Gasteiger partial charge in [-0.15, -0.1) is 10.1 Å². The SMILES string of the molecule is O=C1OC(CCO[N+](=O)[O-])(B(O)O)c2cc([N+](=O)[O-])ccc21. The van der Waals surface area contributed by atoms with Crippen LogP contribution in [0, 0.1) is 20.2 Å². The Morgan fingerprint density at radius 1 is 1.32 bits per heavy atom. The zero-order valence-electron chi connectivity index (χ0n) is 10.9. The standard InChI is InChI=1S/C10H9BN2O9/c14-9-7-2-1-6(12(17)18)5-8(7)10(22-9,11(15)16)3-4-21-13(19)20/h1-2,5,15-16H,3-4H2. The summed E-state index contributed by atoms with van der Waals surface area (Å²) in [4.78, 5) is 36.1. The van der Waals surface area contributed by atoms with Crippen molar-refractivity contribution in [1.82, 2.24) is 0 Å². The van der Waals surface area contributed by atoms with Crippen LogP contribution in [0.3, 0.4) is 0 Å². The highest BCUT2D eigenvalue weighted by Gasteiger charge is 2.54. The number of hydrogen-bond donors (Lipinski definition) is 2. The third-order valence-corrected chi connectivity index (χ3v) is 3.25. The number of ether oxygens (including phenoxy) is 1. The molecule has 11 nitrogen and oxygen atoms in total. The maximum atomic E-state index is 11.8. The molecule has 0 radical (unpaired) electrons. The Morgan fingerprint density at radius 2 is 2.00 bits per heavy atom. The van der Waals surface area contributed by atoms with Crippen LogP contribution in [-0.2, 0) is 15.1 Å². The van der Waals surface area contributed by atoms with E-state index in [-0.39, 0.29) is 11.1 Å². The summed E-state index contributed by atoms with van der Waals surface area (Å²) in [5, 5.41) is 39.0. The highest BCUT2D eigenvalue weighted by molar-refractivity contribution is 6.46. The smallest absolute Gasteiger partial charge is 0.453 e. The highest BCUT2D eigenvalue weighted by Crippen LogP contribution is 2.41. The van der Waals surface area contributed by atoms with E-state index < -0.39 is 47.3 Å². The summed E-state index contributed by atoms with van der Waals surface area (Å²) in [5.74, 6) is -0.917. The molecule has 2 N–H and O–H groups in total. The average molecular weight is 312 g/mol. The van der Waals surface area contributed by atoms with Crippen LogP contribution < -0.4 is 0 Å². The molecule has 22 heavy (non-hydrogen) atoms. The van der Waals surface area contributed by atoms with Crippen LogP contribution in [0.1, 0.15) is 22.3 Å². The van der Waals surface area contributed by atoms with Gasteiger partial charge in [-0.1, -0.05) is 0 Å². The first-order valence-corrected chi connectivity index (χ1v) is 5.93. The molecule has 0 aliphatic carbocycles. The van der Waals surface area contributed by atoms with Crippen LogP contribution in [0.15, 0.2) is 18.2 Å². The van der Waals surface area contributed by atoms with E-state index in [2.05, 4.69) is 4.84 Å². The summed E-state index contributed by atoms with van der Waals surface area (Å²) in [5.41, 5.74) is -2.67. The van der Waals surface area contributed by atoms with Gasteiger partial charge in [0, 0.05) is 24.1 Å². The molecule has 1 aliphatic rings. The Kier molecular flexibility index (Phi) is 3.97. The predicted molar refractivity (Wildman–Crippen MR) is 67.9 cm³/mol. The minimum Gasteiger partial charge on any atom is -0.453 e. The quantitative estimate of drug-likeness (QED) is 0.307. The largest absolute Gasteiger partial charge is 0.503 e. The average Bonchev–Trinajstić information content (AvgIpc) is 2.72. The van der Waals surface area contributed by atoms with Crippen molar-refractivity contribution in [1.29, 1.82) is 0 Å². The van der Waals surface area contributed by atoms with Gasteiger partial charge in [-0.3, -0.25) is 10.1 Å². The molecule has 12 heteroatoms. The summed E-state index contributed by atoms with van der Waals surface area (Å²) in [6.45, 7) is -0.597. The molecule has 1 atom stereocenters. The van der Waals surface area contributed by atoms with E-state index in [1.54, 1.807) is 0 Å². The number of nitrogens with zero attached hydrogens (tertiary/aromatic N) is 2. The van der Waals surface area contributed by atoms with Crippen LogP contribution in [0.25, 0.3) is 0 Å². The summed E-state index contributed by atoms with van der Waals surface area (Å²) in [6.07, 6.45) is -0.467. The minimum atomic E-state index is -2.24. The lowest BCUT2D eigenvalue weighted by atomic mass is 9.62. The molecule has 0 saturated carbocycles. The first-order valence-electron chi connectivity index (χ1n) is 5.93. The van der Waals surface area contributed by atoms with Crippen LogP contribution in [-0.4, -0.2) is 39.8 Å². The number of rotatable bonds is 6. The number of esters is 1. The third kappa shape index (κ3) is 2.56. The normalized spacial score (nSPS) is 19.3. The van der Waals surface area contributed by atoms with Gasteiger partial charge in [-0.25, -0.2) is 4.79 Å². The van der Waals surface area contributed by atoms with E-state index in [0.717, 1.165) is 18.2 Å². The van der Waals surface area contributed by atoms with Crippen molar-refractivity contribution in [2.75, 3.05) is 6.61 Å². The van der Waals surface area contributed by atoms with Gasteiger partial charge in [0.2, 0.25) is 0 Å². The van der Waals surface area contributed by atoms with Gasteiger partial charge in [0.1, 0.15) is 6.61 Å². The second-order valence-electron chi connectivity index (χ2n) is 4.45. The van der Waals surface area contributed by atoms with Gasteiger partial charge in [-0.2, -0.15) is 0 Å². The third-order valence-electron chi connectivity index (χ3n) is 3.25. The van der Waals surface area contributed by atoms with E-state index in [9.17, 15) is 35.1 Å². The predicted octanol–water partition coefficient (Wildman–Crippen LogP) is -0.429. The molecular weight excluding hydrogens is 303 g/mol. The first-order chi connectivity index (χ1) is 10.3. The number of carbonyl (C=O) groups excluding carboxylic acids is 1. The number of nitro groups is 1. The molecule has 1 heterocycles. The number of non-ortho nitro benzene ring substituents is 1. The van der Waals surface area contributed by atoms with E-state index in [1.165, 1.54) is 0 Å². The molecule has 1 aromatic rings. The molecule has 2 rings (SSSR count). The number of nitro benzene ring substituents is 1. The topological polar surface area (TPSA) is 162 Å². The minimum absolute atomic E-state index is 0.0835. The van der Waals surface area contributed by atoms with Crippen LogP contribution in [0.5, 0.6) is 0 Å². The second kappa shape index (κ2) is 5.58. The Balaban J connectivity index is 2.45. The molecule has 1 aromatic carbocycles. The fraction of sp³-hybridized carbons (Fsp3) is 0.300. The van der Waals surface area contributed by atoms with Gasteiger partial charge in [0.05, 0.1) is 10.5 Å². The molecule has 0 fully saturated rings. The monoisotopic (exact) mass is 312 g/mol. The van der Waals surface area contributed by atoms with E-state index in [4.69, 9.17) is 4.74 Å². The number of carbonyl (C=O) groups is 1. The molecule has 1 unspecified atom stereocenters. The Bertz CT molecular complexity index is 649. The number of fused-ring (bicyclic) bond motifs is 1. The lowest BCUT2D eigenvalue weighted by Crippen LogP contribution is -2.45. The molecule has 0 amide bonds. The fourth-order valence-corrected chi connectivity index (χ4v) is 2.23. The molecule has 0 spiro atoms. The Morgan fingerprint density at radius 3 is 2.55 bits per heavy atom. The van der Waals surface area contributed by atoms with Crippen molar-refractivity contribution >= 4 is 18.8 Å². The zero-order chi connectivity index (χ0) is 16.5. The van der Waals surface area contributed by atoms with Crippen molar-refractivity contribution in [2.24, 2.45) is 0 Å². The van der Waals surface area contributed by atoms with E-state index in [1.807, 2.05) is 0 Å². The summed E-state index contributed by atoms with van der Waals surface area (Å²) < 4.78 is 4.93. The van der Waals surface area contributed by atoms with Gasteiger partial charge in [0.15, 0.2) is 5.50 Å². The van der Waals surface area contributed by atoms with Crippen LogP contribution >= 0.6 is 0 Å². The Labute approximate surface area is 122 Å². The molecule has 116 valence electrons. The van der Waals surface area contributed by atoms with Crippen molar-refractivity contribution in [3.63, 3.8) is 0 Å². The summed E-state index contributed by atoms with van der Waals surface area (Å²) >= 11 is 0. The molecule has 0 saturated heterocycles. The van der Waals surface area contributed by atoms with Crippen LogP contribution in [0.2, 0.25) is 0 Å². The summed E-state index contributed by atoms with van der Waals surface area (Å²) in [7, 11) is -2.24. The molecule has 0 aromatic heterocycles. The van der Waals surface area contributed by atoms with Crippen molar-refractivity contribution in [3.05, 3.63) is 49.6 Å². The number of benzene rings is 1. The van der Waals surface area contributed by atoms with Gasteiger partial charge < -0.3 is 19.6 Å². The van der Waals surface area contributed by atoms with Gasteiger partial charge in [-0.05, 0) is 6.07 Å². The van der Waals surface area contributed by atoms with E-state index in [0.29, 0.717) is 0 Å². The molecule has 0 bridgehead atoms. The second-order valence-corrected chi connectivity index (χ2v) is 4.45. The highest BCUT2D eigenvalue weighted by atomic mass is 16.9. The van der Waals surface area contributed by atoms with Crippen molar-refractivity contribution in [2.45, 2.75) is 11.9 Å². The van der Waals surface area contributed by atoms with Crippen molar-refractivity contribution in [3.8, 4) is 0 Å². The lowest BCUT2D eigenvalue weighted by Gasteiger charge is -2.27. The van der Waals surface area contributed by atoms with E-state index >= 15 is 0 Å². The molecule has 1 aliphatic heterocycles. The lowest BCUT2D eigenvalue weighted by molar-refractivity contribution is -0.758. The van der Waals surface area contributed by atoms with Crippen molar-refractivity contribution < 1.29 is 34.4 Å². The zero-order valence-corrected chi connectivity index (χ0v) is 10.9. The molecular formula is C10H9BN2O9. The maximum Gasteiger partial charge on any atom is 0.503 e. The summed E-state index contributed by atoms with van der Waals surface area (Å²) in [6, 6.07) is 3.15. The van der Waals surface area contributed by atoms with Crippen LogP contribution in [0.4, 0.5) is 5.69 Å². The first kappa shape index (κ1) is 15.7. The Hall–Kier alpha value is -2.73. The fourth-order valence-electron chi connectivity index (χ4n) is 2.23. The number of hydrogen-bond acceptors (Lipinski definition) is 9. The van der Waals surface area contributed by atoms with Gasteiger partial charge in [0.25, 0.3) is 10.8 Å².